The number of imide groups is 1. The van der Waals surface area contributed by atoms with Gasteiger partial charge in [-0.2, -0.15) is 0 Å². The summed E-state index contributed by atoms with van der Waals surface area (Å²) in [5.41, 5.74) is 4.26. The molecule has 1 atom stereocenters. The van der Waals surface area contributed by atoms with Crippen LogP contribution in [0.15, 0.2) is 42.5 Å². The Bertz CT molecular complexity index is 1190. The van der Waals surface area contributed by atoms with Gasteiger partial charge in [-0.3, -0.25) is 24.5 Å². The number of benzene rings is 2. The number of nitrogens with zero attached hydrogens (tertiary/aromatic N) is 2. The Morgan fingerprint density at radius 1 is 1.03 bits per heavy atom. The highest BCUT2D eigenvalue weighted by Gasteiger charge is 2.39. The number of fused-ring (bicyclic) bond motifs is 1. The topological polar surface area (TPSA) is 111 Å². The van der Waals surface area contributed by atoms with Crippen LogP contribution in [0, 0.1) is 5.92 Å². The molecule has 0 spiro atoms. The Kier molecular flexibility index (Phi) is 6.63. The summed E-state index contributed by atoms with van der Waals surface area (Å²) in [7, 11) is 1.63. The van der Waals surface area contributed by atoms with E-state index in [2.05, 4.69) is 20.9 Å². The van der Waals surface area contributed by atoms with Crippen LogP contribution in [0.3, 0.4) is 0 Å². The van der Waals surface area contributed by atoms with Gasteiger partial charge in [-0.05, 0) is 61.6 Å². The van der Waals surface area contributed by atoms with Gasteiger partial charge in [0.05, 0.1) is 0 Å². The predicted molar refractivity (Wildman–Crippen MR) is 136 cm³/mol. The molecule has 1 unspecified atom stereocenters. The second-order valence-electron chi connectivity index (χ2n) is 9.67. The van der Waals surface area contributed by atoms with Crippen molar-refractivity contribution in [2.24, 2.45) is 5.92 Å². The molecule has 3 N–H and O–H groups in total. The van der Waals surface area contributed by atoms with Crippen molar-refractivity contribution in [2.45, 2.75) is 38.3 Å². The standard InChI is InChI=1S/C27H31N5O4/c1-28-25(34)18-5-7-19(8-6-18)31-13-11-17(12-14-31)15-29-22-4-2-3-20-21(22)16-32(27(20)36)23-9-10-24(33)30-26(23)35/h2-8,17,23,29H,9-16H2,1H3,(H,28,34)(H,30,33,35). The van der Waals surface area contributed by atoms with E-state index in [0.717, 1.165) is 49.4 Å². The summed E-state index contributed by atoms with van der Waals surface area (Å²) >= 11 is 0. The molecule has 2 fully saturated rings. The second kappa shape index (κ2) is 10.0. The van der Waals surface area contributed by atoms with Crippen molar-refractivity contribution in [2.75, 3.05) is 36.9 Å². The summed E-state index contributed by atoms with van der Waals surface area (Å²) < 4.78 is 0. The largest absolute Gasteiger partial charge is 0.384 e. The lowest BCUT2D eigenvalue weighted by Gasteiger charge is -2.34. The predicted octanol–water partition coefficient (Wildman–Crippen LogP) is 2.14. The molecule has 188 valence electrons. The molecule has 2 saturated heterocycles. The van der Waals surface area contributed by atoms with Gasteiger partial charge in [0.2, 0.25) is 11.8 Å². The summed E-state index contributed by atoms with van der Waals surface area (Å²) in [5, 5.41) is 8.56. The van der Waals surface area contributed by atoms with Crippen molar-refractivity contribution in [3.63, 3.8) is 0 Å². The van der Waals surface area contributed by atoms with Crippen LogP contribution >= 0.6 is 0 Å². The van der Waals surface area contributed by atoms with Crippen LogP contribution in [-0.2, 0) is 16.1 Å². The zero-order valence-electron chi connectivity index (χ0n) is 20.4. The van der Waals surface area contributed by atoms with Crippen LogP contribution in [-0.4, -0.2) is 61.3 Å². The average Bonchev–Trinajstić information content (AvgIpc) is 3.24. The average molecular weight is 490 g/mol. The first-order valence-corrected chi connectivity index (χ1v) is 12.5. The number of piperidine rings is 2. The second-order valence-corrected chi connectivity index (χ2v) is 9.67. The van der Waals surface area contributed by atoms with Gasteiger partial charge in [0.15, 0.2) is 0 Å². The number of carbonyl (C=O) groups excluding carboxylic acids is 4. The van der Waals surface area contributed by atoms with E-state index < -0.39 is 11.9 Å². The van der Waals surface area contributed by atoms with Crippen LogP contribution in [0.25, 0.3) is 0 Å². The van der Waals surface area contributed by atoms with Gasteiger partial charge in [-0.1, -0.05) is 6.07 Å². The zero-order valence-corrected chi connectivity index (χ0v) is 20.4. The van der Waals surface area contributed by atoms with Crippen molar-refractivity contribution in [1.29, 1.82) is 0 Å². The highest BCUT2D eigenvalue weighted by atomic mass is 16.2. The lowest BCUT2D eigenvalue weighted by molar-refractivity contribution is -0.136. The molecule has 0 saturated carbocycles. The van der Waals surface area contributed by atoms with Crippen LogP contribution in [0.2, 0.25) is 0 Å². The Labute approximate surface area is 210 Å². The lowest BCUT2D eigenvalue weighted by Crippen LogP contribution is -2.52. The maximum absolute atomic E-state index is 13.0. The first-order chi connectivity index (χ1) is 17.4. The molecule has 3 aliphatic rings. The Hall–Kier alpha value is -3.88. The molecular weight excluding hydrogens is 458 g/mol. The van der Waals surface area contributed by atoms with E-state index in [0.29, 0.717) is 30.0 Å². The van der Waals surface area contributed by atoms with Gasteiger partial charge in [-0.15, -0.1) is 0 Å². The van der Waals surface area contributed by atoms with E-state index in [1.54, 1.807) is 11.9 Å². The van der Waals surface area contributed by atoms with Crippen molar-refractivity contribution < 1.29 is 19.2 Å². The fraction of sp³-hybridized carbons (Fsp3) is 0.407. The molecule has 3 aliphatic heterocycles. The molecule has 9 nitrogen and oxygen atoms in total. The molecule has 3 heterocycles. The van der Waals surface area contributed by atoms with Gasteiger partial charge in [0.1, 0.15) is 6.04 Å². The molecule has 2 aromatic carbocycles. The number of carbonyl (C=O) groups is 4. The van der Waals surface area contributed by atoms with Gasteiger partial charge in [-0.25, -0.2) is 0 Å². The maximum Gasteiger partial charge on any atom is 0.255 e. The summed E-state index contributed by atoms with van der Waals surface area (Å²) in [5.74, 6) is -0.406. The van der Waals surface area contributed by atoms with Gasteiger partial charge in [0, 0.05) is 67.7 Å². The highest BCUT2D eigenvalue weighted by molar-refractivity contribution is 6.06. The molecule has 0 radical (unpaired) electrons. The zero-order chi connectivity index (χ0) is 25.2. The van der Waals surface area contributed by atoms with Gasteiger partial charge >= 0.3 is 0 Å². The summed E-state index contributed by atoms with van der Waals surface area (Å²) in [4.78, 5) is 52.6. The molecule has 0 aromatic heterocycles. The molecule has 4 amide bonds. The third-order valence-corrected chi connectivity index (χ3v) is 7.50. The first-order valence-electron chi connectivity index (χ1n) is 12.5. The number of rotatable bonds is 6. The first kappa shape index (κ1) is 23.8. The normalized spacial score (nSPS) is 20.2. The molecule has 0 bridgehead atoms. The summed E-state index contributed by atoms with van der Waals surface area (Å²) in [6, 6.07) is 12.8. The minimum Gasteiger partial charge on any atom is -0.384 e. The smallest absolute Gasteiger partial charge is 0.255 e. The van der Waals surface area contributed by atoms with E-state index in [4.69, 9.17) is 0 Å². The molecule has 0 aliphatic carbocycles. The molecule has 9 heteroatoms. The number of anilines is 2. The van der Waals surface area contributed by atoms with Crippen LogP contribution in [0.5, 0.6) is 0 Å². The number of amides is 4. The van der Waals surface area contributed by atoms with Crippen molar-refractivity contribution in [3.05, 3.63) is 59.2 Å². The van der Waals surface area contributed by atoms with Crippen molar-refractivity contribution >= 4 is 35.0 Å². The molecule has 36 heavy (non-hydrogen) atoms. The van der Waals surface area contributed by atoms with Gasteiger partial charge < -0.3 is 20.4 Å². The number of hydrogen-bond acceptors (Lipinski definition) is 6. The van der Waals surface area contributed by atoms with Crippen LogP contribution in [0.4, 0.5) is 11.4 Å². The third kappa shape index (κ3) is 4.65. The van der Waals surface area contributed by atoms with Gasteiger partial charge in [0.25, 0.3) is 11.8 Å². The van der Waals surface area contributed by atoms with Crippen LogP contribution in [0.1, 0.15) is 52.0 Å². The third-order valence-electron chi connectivity index (χ3n) is 7.50. The van der Waals surface area contributed by atoms with E-state index in [1.807, 2.05) is 42.5 Å². The van der Waals surface area contributed by atoms with Crippen molar-refractivity contribution in [1.82, 2.24) is 15.5 Å². The maximum atomic E-state index is 13.0. The Balaban J connectivity index is 1.17. The Morgan fingerprint density at radius 3 is 2.47 bits per heavy atom. The molecule has 2 aromatic rings. The fourth-order valence-corrected chi connectivity index (χ4v) is 5.37. The highest BCUT2D eigenvalue weighted by Crippen LogP contribution is 2.33. The quantitative estimate of drug-likeness (QED) is 0.537. The minimum absolute atomic E-state index is 0.0827. The molecular formula is C27H31N5O4. The van der Waals surface area contributed by atoms with E-state index in [-0.39, 0.29) is 24.1 Å². The minimum atomic E-state index is -0.606. The lowest BCUT2D eigenvalue weighted by atomic mass is 9.96. The van der Waals surface area contributed by atoms with Crippen LogP contribution < -0.4 is 20.9 Å². The SMILES string of the molecule is CNC(=O)c1ccc(N2CCC(CNc3cccc4c3CN(C3CCC(=O)NC3=O)C4=O)CC2)cc1. The fourth-order valence-electron chi connectivity index (χ4n) is 5.37. The summed E-state index contributed by atoms with van der Waals surface area (Å²) in [6.07, 6.45) is 2.69. The Morgan fingerprint density at radius 2 is 1.78 bits per heavy atom. The van der Waals surface area contributed by atoms with E-state index >= 15 is 0 Å². The monoisotopic (exact) mass is 489 g/mol. The number of nitrogens with one attached hydrogen (secondary N) is 3. The number of hydrogen-bond donors (Lipinski definition) is 3. The van der Waals surface area contributed by atoms with Crippen molar-refractivity contribution in [3.8, 4) is 0 Å². The summed E-state index contributed by atoms with van der Waals surface area (Å²) in [6.45, 7) is 3.07. The molecule has 5 rings (SSSR count). The van der Waals surface area contributed by atoms with E-state index in [1.165, 1.54) is 0 Å². The van der Waals surface area contributed by atoms with E-state index in [9.17, 15) is 19.2 Å².